The van der Waals surface area contributed by atoms with E-state index in [-0.39, 0.29) is 12.2 Å². The third-order valence-corrected chi connectivity index (χ3v) is 5.85. The molecular formula is C23H28ClN3O3. The monoisotopic (exact) mass is 429 g/mol. The molecule has 1 aliphatic carbocycles. The zero-order valence-electron chi connectivity index (χ0n) is 17.7. The Morgan fingerprint density at radius 3 is 2.43 bits per heavy atom. The molecular weight excluding hydrogens is 402 g/mol. The summed E-state index contributed by atoms with van der Waals surface area (Å²) in [4.78, 5) is 23.1. The lowest BCUT2D eigenvalue weighted by Crippen LogP contribution is -2.36. The van der Waals surface area contributed by atoms with E-state index in [1.807, 2.05) is 56.0 Å². The van der Waals surface area contributed by atoms with Crippen molar-refractivity contribution in [3.05, 3.63) is 52.9 Å². The van der Waals surface area contributed by atoms with Crippen LogP contribution in [0.1, 0.15) is 45.0 Å². The molecule has 0 bridgehead atoms. The average molecular weight is 430 g/mol. The lowest BCUT2D eigenvalue weighted by molar-refractivity contribution is 0.0271. The lowest BCUT2D eigenvalue weighted by atomic mass is 10.0. The maximum atomic E-state index is 12.3. The average Bonchev–Trinajstić information content (AvgIpc) is 3.21. The number of amides is 1. The quantitative estimate of drug-likeness (QED) is 0.702. The number of rotatable bonds is 4. The van der Waals surface area contributed by atoms with Crippen molar-refractivity contribution in [3.8, 4) is 5.88 Å². The molecule has 1 saturated heterocycles. The summed E-state index contributed by atoms with van der Waals surface area (Å²) in [5.41, 5.74) is 0.645. The second-order valence-corrected chi connectivity index (χ2v) is 9.67. The van der Waals surface area contributed by atoms with Gasteiger partial charge in [0, 0.05) is 36.8 Å². The smallest absolute Gasteiger partial charge is 0.410 e. The van der Waals surface area contributed by atoms with Gasteiger partial charge in [-0.1, -0.05) is 23.7 Å². The number of halogens is 1. The number of nitrogens with zero attached hydrogens (tertiary/aromatic N) is 3. The molecule has 1 aromatic heterocycles. The normalized spacial score (nSPS) is 23.3. The fourth-order valence-electron chi connectivity index (χ4n) is 4.30. The molecule has 2 unspecified atom stereocenters. The number of fused-ring (bicyclic) bond motifs is 1. The molecule has 1 saturated carbocycles. The fraction of sp³-hybridized carbons (Fsp3) is 0.522. The lowest BCUT2D eigenvalue weighted by Gasteiger charge is -2.25. The predicted molar refractivity (Wildman–Crippen MR) is 115 cm³/mol. The molecule has 6 nitrogen and oxygen atoms in total. The number of ether oxygens (including phenoxy) is 2. The molecule has 2 atom stereocenters. The molecule has 30 heavy (non-hydrogen) atoms. The predicted octanol–water partition coefficient (Wildman–Crippen LogP) is 4.75. The molecule has 160 valence electrons. The van der Waals surface area contributed by atoms with E-state index in [1.165, 1.54) is 0 Å². The number of carbonyl (C=O) groups excluding carboxylic acids is 1. The Balaban J connectivity index is 1.31. The second-order valence-electron chi connectivity index (χ2n) is 9.23. The molecule has 2 fully saturated rings. The third-order valence-electron chi connectivity index (χ3n) is 5.60. The van der Waals surface area contributed by atoms with Crippen LogP contribution in [0.25, 0.3) is 0 Å². The van der Waals surface area contributed by atoms with Gasteiger partial charge in [0.25, 0.3) is 0 Å². The molecule has 0 N–H and O–H groups in total. The zero-order valence-corrected chi connectivity index (χ0v) is 18.4. The highest BCUT2D eigenvalue weighted by Gasteiger charge is 2.44. The third kappa shape index (κ3) is 5.22. The Labute approximate surface area is 182 Å². The van der Waals surface area contributed by atoms with Gasteiger partial charge in [-0.15, -0.1) is 0 Å². The molecule has 2 aromatic rings. The molecule has 1 aromatic carbocycles. The first kappa shape index (κ1) is 20.9. The number of hydrogen-bond acceptors (Lipinski definition) is 5. The zero-order chi connectivity index (χ0) is 21.3. The van der Waals surface area contributed by atoms with Crippen LogP contribution in [0.15, 0.2) is 36.5 Å². The van der Waals surface area contributed by atoms with E-state index in [4.69, 9.17) is 21.1 Å². The maximum Gasteiger partial charge on any atom is 0.410 e. The Kier molecular flexibility index (Phi) is 5.87. The Hall–Kier alpha value is -2.34. The molecule has 2 aliphatic rings. The van der Waals surface area contributed by atoms with E-state index in [9.17, 15) is 4.79 Å². The standard InChI is InChI=1S/C23H28ClN3O3/c1-23(2,3)30-22(28)27-13-16-11-19(12-17(16)14-27)29-21-8-9-25-20(26-21)10-15-4-6-18(24)7-5-15/h4-9,16-17,19H,10-14H2,1-3H3. The summed E-state index contributed by atoms with van der Waals surface area (Å²) in [6.45, 7) is 7.17. The molecule has 1 aliphatic heterocycles. The first-order valence-electron chi connectivity index (χ1n) is 10.5. The fourth-order valence-corrected chi connectivity index (χ4v) is 4.43. The van der Waals surface area contributed by atoms with E-state index in [0.29, 0.717) is 29.2 Å². The number of hydrogen-bond donors (Lipinski definition) is 0. The van der Waals surface area contributed by atoms with E-state index < -0.39 is 5.60 Å². The van der Waals surface area contributed by atoms with Gasteiger partial charge in [-0.2, -0.15) is 4.98 Å². The van der Waals surface area contributed by atoms with Gasteiger partial charge in [-0.05, 0) is 63.1 Å². The van der Waals surface area contributed by atoms with Gasteiger partial charge in [0.05, 0.1) is 0 Å². The summed E-state index contributed by atoms with van der Waals surface area (Å²) in [6.07, 6.45) is 4.15. The van der Waals surface area contributed by atoms with Gasteiger partial charge in [-0.3, -0.25) is 0 Å². The van der Waals surface area contributed by atoms with Crippen LogP contribution in [0.2, 0.25) is 5.02 Å². The van der Waals surface area contributed by atoms with Crippen molar-refractivity contribution < 1.29 is 14.3 Å². The van der Waals surface area contributed by atoms with Crippen molar-refractivity contribution in [2.24, 2.45) is 11.8 Å². The van der Waals surface area contributed by atoms with Crippen molar-refractivity contribution in [2.75, 3.05) is 13.1 Å². The van der Waals surface area contributed by atoms with Crippen LogP contribution in [-0.4, -0.2) is 45.8 Å². The van der Waals surface area contributed by atoms with Crippen LogP contribution in [0, 0.1) is 11.8 Å². The van der Waals surface area contributed by atoms with Gasteiger partial charge in [-0.25, -0.2) is 9.78 Å². The van der Waals surface area contributed by atoms with Gasteiger partial charge in [0.1, 0.15) is 17.5 Å². The maximum absolute atomic E-state index is 12.3. The van der Waals surface area contributed by atoms with Gasteiger partial charge in [0.15, 0.2) is 0 Å². The largest absolute Gasteiger partial charge is 0.474 e. The molecule has 2 heterocycles. The first-order valence-corrected chi connectivity index (χ1v) is 10.8. The minimum Gasteiger partial charge on any atom is -0.474 e. The Morgan fingerprint density at radius 2 is 1.80 bits per heavy atom. The summed E-state index contributed by atoms with van der Waals surface area (Å²) in [5, 5.41) is 0.716. The molecule has 0 radical (unpaired) electrons. The van der Waals surface area contributed by atoms with Crippen LogP contribution in [0.3, 0.4) is 0 Å². The van der Waals surface area contributed by atoms with Crippen LogP contribution >= 0.6 is 11.6 Å². The Bertz CT molecular complexity index is 883. The van der Waals surface area contributed by atoms with E-state index in [2.05, 4.69) is 9.97 Å². The summed E-state index contributed by atoms with van der Waals surface area (Å²) in [7, 11) is 0. The van der Waals surface area contributed by atoms with Crippen molar-refractivity contribution in [1.82, 2.24) is 14.9 Å². The number of benzene rings is 1. The molecule has 4 rings (SSSR count). The van der Waals surface area contributed by atoms with Gasteiger partial charge >= 0.3 is 6.09 Å². The van der Waals surface area contributed by atoms with Crippen molar-refractivity contribution in [1.29, 1.82) is 0 Å². The minimum absolute atomic E-state index is 0.124. The van der Waals surface area contributed by atoms with Gasteiger partial charge < -0.3 is 14.4 Å². The van der Waals surface area contributed by atoms with E-state index >= 15 is 0 Å². The summed E-state index contributed by atoms with van der Waals surface area (Å²) >= 11 is 5.95. The van der Waals surface area contributed by atoms with Gasteiger partial charge in [0.2, 0.25) is 5.88 Å². The van der Waals surface area contributed by atoms with E-state index in [1.54, 1.807) is 6.20 Å². The Morgan fingerprint density at radius 1 is 1.13 bits per heavy atom. The number of aromatic nitrogens is 2. The molecule has 7 heteroatoms. The minimum atomic E-state index is -0.461. The summed E-state index contributed by atoms with van der Waals surface area (Å²) in [5.74, 6) is 2.25. The topological polar surface area (TPSA) is 64.5 Å². The van der Waals surface area contributed by atoms with Crippen LogP contribution in [0.4, 0.5) is 4.79 Å². The highest BCUT2D eigenvalue weighted by Crippen LogP contribution is 2.40. The van der Waals surface area contributed by atoms with Crippen molar-refractivity contribution in [2.45, 2.75) is 51.7 Å². The highest BCUT2D eigenvalue weighted by atomic mass is 35.5. The molecule has 0 spiro atoms. The second kappa shape index (κ2) is 8.42. The van der Waals surface area contributed by atoms with Crippen LogP contribution in [0.5, 0.6) is 5.88 Å². The van der Waals surface area contributed by atoms with Crippen molar-refractivity contribution >= 4 is 17.7 Å². The number of carbonyl (C=O) groups is 1. The summed E-state index contributed by atoms with van der Waals surface area (Å²) < 4.78 is 11.7. The van der Waals surface area contributed by atoms with Crippen LogP contribution in [-0.2, 0) is 11.2 Å². The molecule has 1 amide bonds. The summed E-state index contributed by atoms with van der Waals surface area (Å²) in [6, 6.07) is 9.51. The number of likely N-dealkylation sites (tertiary alicyclic amines) is 1. The SMILES string of the molecule is CC(C)(C)OC(=O)N1CC2CC(Oc3ccnc(Cc4ccc(Cl)cc4)n3)CC2C1. The van der Waals surface area contributed by atoms with E-state index in [0.717, 1.165) is 37.3 Å². The highest BCUT2D eigenvalue weighted by molar-refractivity contribution is 6.30. The first-order chi connectivity index (χ1) is 14.2. The van der Waals surface area contributed by atoms with Crippen molar-refractivity contribution in [3.63, 3.8) is 0 Å². The van der Waals surface area contributed by atoms with Crippen LogP contribution < -0.4 is 4.74 Å².